The Kier molecular flexibility index (Phi) is 7.03. The SMILES string of the molecule is CCN(CCNC=O)CCC12CCCCC1C1=CCC34C(C)(CCC(C)C)C3(C)CCC4(C)[C@]1(C)CC2. The number of allylic oxidation sites excluding steroid dienone is 2. The van der Waals surface area contributed by atoms with Gasteiger partial charge in [-0.2, -0.15) is 0 Å². The number of fused-ring (bicyclic) bond motifs is 4. The van der Waals surface area contributed by atoms with Crippen LogP contribution in [0.2, 0.25) is 0 Å². The maximum absolute atomic E-state index is 10.8. The molecule has 1 spiro atoms. The fourth-order valence-corrected chi connectivity index (χ4v) is 11.9. The molecule has 0 aromatic heterocycles. The third-order valence-electron chi connectivity index (χ3n) is 14.5. The molecule has 0 aromatic rings. The van der Waals surface area contributed by atoms with Crippen molar-refractivity contribution in [3.8, 4) is 0 Å². The molecular formula is C34H58N2O. The molecule has 0 radical (unpaired) electrons. The molecule has 0 saturated heterocycles. The van der Waals surface area contributed by atoms with Crippen molar-refractivity contribution in [2.24, 2.45) is 44.3 Å². The maximum atomic E-state index is 10.8. The van der Waals surface area contributed by atoms with Gasteiger partial charge in [-0.25, -0.2) is 0 Å². The lowest BCUT2D eigenvalue weighted by molar-refractivity contribution is -0.109. The number of hydrogen-bond acceptors (Lipinski definition) is 2. The molecule has 4 fully saturated rings. The molecule has 6 unspecified atom stereocenters. The zero-order valence-corrected chi connectivity index (χ0v) is 25.5. The minimum absolute atomic E-state index is 0.377. The Hall–Kier alpha value is -0.830. The van der Waals surface area contributed by atoms with E-state index in [1.807, 2.05) is 5.57 Å². The normalized spacial score (nSPS) is 46.1. The van der Waals surface area contributed by atoms with Crippen LogP contribution in [0.5, 0.6) is 0 Å². The molecule has 5 rings (SSSR count). The number of rotatable bonds is 11. The highest BCUT2D eigenvalue weighted by atomic mass is 16.1. The highest BCUT2D eigenvalue weighted by molar-refractivity contribution is 5.46. The Bertz CT molecular complexity index is 911. The standard InChI is InChI=1S/C34H58N2O/c1-8-36(24-22-35-25-37)23-21-33-14-10-9-11-28(33)27-13-16-34-30(5,29(27,4)17-20-33)18-19-32(34,7)31(34,6)15-12-26(2)3/h13,25-26,28H,8-12,14-24H2,1-7H3,(H,35,37)/t28?,29-,30?,31?,32?,33?,34?/m1/s1. The van der Waals surface area contributed by atoms with Gasteiger partial charge in [0, 0.05) is 13.1 Å². The lowest BCUT2D eigenvalue weighted by Crippen LogP contribution is -2.56. The number of likely N-dealkylation sites (N-methyl/N-ethyl adjacent to an activating group) is 1. The predicted octanol–water partition coefficient (Wildman–Crippen LogP) is 8.00. The summed E-state index contributed by atoms with van der Waals surface area (Å²) in [4.78, 5) is 13.3. The van der Waals surface area contributed by atoms with Gasteiger partial charge in [-0.1, -0.05) is 79.4 Å². The van der Waals surface area contributed by atoms with Crippen molar-refractivity contribution in [1.82, 2.24) is 10.2 Å². The third-order valence-corrected chi connectivity index (χ3v) is 14.5. The third kappa shape index (κ3) is 3.50. The van der Waals surface area contributed by atoms with Crippen LogP contribution in [0, 0.1) is 44.3 Å². The first kappa shape index (κ1) is 27.7. The summed E-state index contributed by atoms with van der Waals surface area (Å²) in [7, 11) is 0. The molecule has 210 valence electrons. The van der Waals surface area contributed by atoms with Crippen LogP contribution in [0.25, 0.3) is 0 Å². The fraction of sp³-hybridized carbons (Fsp3) is 0.912. The van der Waals surface area contributed by atoms with Crippen molar-refractivity contribution in [3.05, 3.63) is 11.6 Å². The van der Waals surface area contributed by atoms with Crippen molar-refractivity contribution in [2.45, 2.75) is 126 Å². The van der Waals surface area contributed by atoms with Gasteiger partial charge in [0.1, 0.15) is 0 Å². The summed E-state index contributed by atoms with van der Waals surface area (Å²) in [6, 6.07) is 0. The second-order valence-corrected chi connectivity index (χ2v) is 15.4. The van der Waals surface area contributed by atoms with Crippen molar-refractivity contribution >= 4 is 6.41 Å². The summed E-state index contributed by atoms with van der Waals surface area (Å²) in [5.74, 6) is 1.61. The van der Waals surface area contributed by atoms with Gasteiger partial charge in [0.15, 0.2) is 0 Å². The van der Waals surface area contributed by atoms with Crippen molar-refractivity contribution in [2.75, 3.05) is 26.2 Å². The van der Waals surface area contributed by atoms with Crippen molar-refractivity contribution < 1.29 is 4.79 Å². The predicted molar refractivity (Wildman–Crippen MR) is 155 cm³/mol. The van der Waals surface area contributed by atoms with Crippen LogP contribution in [-0.4, -0.2) is 37.5 Å². The first-order chi connectivity index (χ1) is 17.5. The maximum Gasteiger partial charge on any atom is 0.207 e. The molecule has 0 aromatic carbocycles. The van der Waals surface area contributed by atoms with Gasteiger partial charge in [0.2, 0.25) is 6.41 Å². The number of hydrogen-bond donors (Lipinski definition) is 1. The average Bonchev–Trinajstić information content (AvgIpc) is 3.14. The van der Waals surface area contributed by atoms with Gasteiger partial charge >= 0.3 is 0 Å². The summed E-state index contributed by atoms with van der Waals surface area (Å²) < 4.78 is 0. The Balaban J connectivity index is 1.43. The van der Waals surface area contributed by atoms with E-state index in [9.17, 15) is 4.79 Å². The first-order valence-electron chi connectivity index (χ1n) is 16.1. The average molecular weight is 511 g/mol. The van der Waals surface area contributed by atoms with Crippen LogP contribution in [0.1, 0.15) is 126 Å². The van der Waals surface area contributed by atoms with E-state index in [1.54, 1.807) is 0 Å². The Morgan fingerprint density at radius 1 is 1.00 bits per heavy atom. The van der Waals surface area contributed by atoms with Crippen LogP contribution in [0.3, 0.4) is 0 Å². The smallest absolute Gasteiger partial charge is 0.207 e. The van der Waals surface area contributed by atoms with Crippen molar-refractivity contribution in [1.29, 1.82) is 0 Å². The second kappa shape index (κ2) is 9.38. The number of amides is 1. The van der Waals surface area contributed by atoms with E-state index in [4.69, 9.17) is 0 Å². The molecule has 0 bridgehead atoms. The summed E-state index contributed by atoms with van der Waals surface area (Å²) in [5.41, 5.74) is 4.81. The molecule has 7 atom stereocenters. The lowest BCUT2D eigenvalue weighted by Gasteiger charge is -2.64. The van der Waals surface area contributed by atoms with Crippen LogP contribution < -0.4 is 5.32 Å². The molecular weight excluding hydrogens is 452 g/mol. The lowest BCUT2D eigenvalue weighted by atomic mass is 9.40. The number of nitrogens with one attached hydrogen (secondary N) is 1. The number of carbonyl (C=O) groups is 1. The Morgan fingerprint density at radius 3 is 2.46 bits per heavy atom. The molecule has 1 amide bonds. The van der Waals surface area contributed by atoms with Crippen LogP contribution in [0.15, 0.2) is 11.6 Å². The quantitative estimate of drug-likeness (QED) is 0.173. The highest BCUT2D eigenvalue weighted by Gasteiger charge is 2.90. The fourth-order valence-electron chi connectivity index (χ4n) is 11.9. The second-order valence-electron chi connectivity index (χ2n) is 15.4. The van der Waals surface area contributed by atoms with E-state index in [1.165, 1.54) is 83.6 Å². The monoisotopic (exact) mass is 510 g/mol. The molecule has 3 heteroatoms. The minimum atomic E-state index is 0.377. The van der Waals surface area contributed by atoms with E-state index < -0.39 is 0 Å². The summed E-state index contributed by atoms with van der Waals surface area (Å²) in [6.07, 6.45) is 20.7. The zero-order chi connectivity index (χ0) is 26.7. The van der Waals surface area contributed by atoms with E-state index >= 15 is 0 Å². The molecule has 3 nitrogen and oxygen atoms in total. The van der Waals surface area contributed by atoms with Gasteiger partial charge in [0.25, 0.3) is 0 Å². The highest BCUT2D eigenvalue weighted by Crippen LogP contribution is 2.97. The topological polar surface area (TPSA) is 32.3 Å². The summed E-state index contributed by atoms with van der Waals surface area (Å²) in [6.45, 7) is 22.1. The largest absolute Gasteiger partial charge is 0.357 e. The Morgan fingerprint density at radius 2 is 1.76 bits per heavy atom. The van der Waals surface area contributed by atoms with E-state index in [-0.39, 0.29) is 0 Å². The molecule has 37 heavy (non-hydrogen) atoms. The van der Waals surface area contributed by atoms with Crippen LogP contribution in [0.4, 0.5) is 0 Å². The van der Waals surface area contributed by atoms with E-state index in [0.29, 0.717) is 32.5 Å². The molecule has 5 aliphatic rings. The summed E-state index contributed by atoms with van der Waals surface area (Å²) >= 11 is 0. The molecule has 5 aliphatic carbocycles. The zero-order valence-electron chi connectivity index (χ0n) is 25.5. The first-order valence-corrected chi connectivity index (χ1v) is 16.1. The minimum Gasteiger partial charge on any atom is -0.357 e. The molecule has 1 N–H and O–H groups in total. The van der Waals surface area contributed by atoms with Crippen LogP contribution in [-0.2, 0) is 4.79 Å². The van der Waals surface area contributed by atoms with Crippen molar-refractivity contribution in [3.63, 3.8) is 0 Å². The molecule has 0 aliphatic heterocycles. The Labute approximate surface area is 229 Å². The van der Waals surface area contributed by atoms with Gasteiger partial charge in [-0.3, -0.25) is 4.79 Å². The molecule has 4 saturated carbocycles. The molecule has 0 heterocycles. The summed E-state index contributed by atoms with van der Waals surface area (Å²) in [5, 5.41) is 2.87. The van der Waals surface area contributed by atoms with Gasteiger partial charge in [0.05, 0.1) is 0 Å². The number of nitrogens with zero attached hydrogens (tertiary/aromatic N) is 1. The van der Waals surface area contributed by atoms with Gasteiger partial charge in [-0.05, 0) is 115 Å². The number of carbonyl (C=O) groups excluding carboxylic acids is 1. The van der Waals surface area contributed by atoms with E-state index in [2.05, 4.69) is 64.8 Å². The van der Waals surface area contributed by atoms with Gasteiger partial charge in [-0.15, -0.1) is 0 Å². The van der Waals surface area contributed by atoms with Crippen LogP contribution >= 0.6 is 0 Å². The van der Waals surface area contributed by atoms with Gasteiger partial charge < -0.3 is 10.2 Å². The van der Waals surface area contributed by atoms with E-state index in [0.717, 1.165) is 37.9 Å².